The van der Waals surface area contributed by atoms with Gasteiger partial charge < -0.3 is 39.7 Å². The van der Waals surface area contributed by atoms with Crippen LogP contribution in [0.2, 0.25) is 0 Å². The van der Waals surface area contributed by atoms with Crippen LogP contribution in [0, 0.1) is 11.8 Å². The third-order valence-electron chi connectivity index (χ3n) is 10.3. The van der Waals surface area contributed by atoms with Gasteiger partial charge in [0.1, 0.15) is 35.6 Å². The van der Waals surface area contributed by atoms with Gasteiger partial charge in [0.05, 0.1) is 31.7 Å². The highest BCUT2D eigenvalue weighted by atomic mass is 16.7. The van der Waals surface area contributed by atoms with Crippen LogP contribution >= 0.6 is 0 Å². The summed E-state index contributed by atoms with van der Waals surface area (Å²) in [5.41, 5.74) is -2.72. The molecule has 0 aliphatic carbocycles. The number of carbonyl (C=O) groups is 2. The number of rotatable bonds is 22. The first-order valence-electron chi connectivity index (χ1n) is 17.5. The molecule has 4 aliphatic heterocycles. The molecule has 0 saturated carbocycles. The molecule has 2 bridgehead atoms. The average molecular weight is 640 g/mol. The summed E-state index contributed by atoms with van der Waals surface area (Å²) in [7, 11) is 0. The van der Waals surface area contributed by atoms with Crippen LogP contribution in [0.3, 0.4) is 0 Å². The molecule has 6 unspecified atom stereocenters. The number of aliphatic hydroxyl groups is 5. The maximum absolute atomic E-state index is 13.6. The number of aliphatic hydroxyl groups excluding tert-OH is 5. The summed E-state index contributed by atoms with van der Waals surface area (Å²) in [6.07, 6.45) is 15.7. The van der Waals surface area contributed by atoms with Crippen LogP contribution < -0.4 is 0 Å². The van der Waals surface area contributed by atoms with Gasteiger partial charge in [-0.15, -0.1) is 0 Å². The van der Waals surface area contributed by atoms with Crippen molar-refractivity contribution in [2.75, 3.05) is 26.4 Å². The van der Waals surface area contributed by atoms with E-state index in [1.54, 1.807) is 12.2 Å². The number of fused-ring (bicyclic) bond motifs is 5. The van der Waals surface area contributed by atoms with E-state index in [1.165, 1.54) is 81.9 Å². The van der Waals surface area contributed by atoms with E-state index in [1.807, 2.05) is 0 Å². The molecule has 0 spiro atoms. The zero-order valence-corrected chi connectivity index (χ0v) is 27.1. The molecule has 0 aromatic carbocycles. The Kier molecular flexibility index (Phi) is 13.8. The number of likely N-dealkylation sites (tertiary alicyclic amines) is 1. The monoisotopic (exact) mass is 639 g/mol. The third kappa shape index (κ3) is 8.17. The molecule has 2 amide bonds. The second kappa shape index (κ2) is 17.1. The van der Waals surface area contributed by atoms with Gasteiger partial charge in [-0.3, -0.25) is 14.5 Å². The van der Waals surface area contributed by atoms with Gasteiger partial charge in [0.25, 0.3) is 0 Å². The van der Waals surface area contributed by atoms with Gasteiger partial charge in [-0.2, -0.15) is 0 Å². The van der Waals surface area contributed by atoms with Crippen molar-refractivity contribution in [2.45, 2.75) is 152 Å². The first kappa shape index (κ1) is 36.4. The summed E-state index contributed by atoms with van der Waals surface area (Å²) in [5.74, 6) is -2.53. The largest absolute Gasteiger partial charge is 0.394 e. The van der Waals surface area contributed by atoms with Gasteiger partial charge >= 0.3 is 0 Å². The fraction of sp³-hybridized carbons (Fsp3) is 0.882. The molecule has 258 valence electrons. The summed E-state index contributed by atoms with van der Waals surface area (Å²) in [6.45, 7) is 1.17. The van der Waals surface area contributed by atoms with E-state index >= 15 is 0 Å². The second-order valence-electron chi connectivity index (χ2n) is 13.6. The zero-order valence-electron chi connectivity index (χ0n) is 27.1. The molecule has 45 heavy (non-hydrogen) atoms. The Hall–Kier alpha value is -1.44. The smallest absolute Gasteiger partial charge is 0.236 e. The third-order valence-corrected chi connectivity index (χ3v) is 10.3. The molecule has 0 radical (unpaired) electrons. The van der Waals surface area contributed by atoms with Crippen molar-refractivity contribution >= 4 is 11.8 Å². The molecule has 0 aromatic heterocycles. The highest BCUT2D eigenvalue weighted by Gasteiger charge is 2.73. The Morgan fingerprint density at radius 3 is 1.71 bits per heavy atom. The molecule has 5 N–H and O–H groups in total. The number of imide groups is 1. The lowest BCUT2D eigenvalue weighted by Gasteiger charge is -2.40. The number of hydrogen-bond acceptors (Lipinski definition) is 10. The number of hydrogen-bond donors (Lipinski definition) is 5. The van der Waals surface area contributed by atoms with Crippen molar-refractivity contribution in [3.05, 3.63) is 12.2 Å². The fourth-order valence-corrected chi connectivity index (χ4v) is 7.56. The minimum Gasteiger partial charge on any atom is -0.394 e. The molecule has 3 saturated heterocycles. The normalized spacial score (nSPS) is 35.6. The van der Waals surface area contributed by atoms with Gasteiger partial charge in [0.15, 0.2) is 6.29 Å². The molecule has 11 heteroatoms. The van der Waals surface area contributed by atoms with E-state index in [2.05, 4.69) is 6.92 Å². The molecule has 4 heterocycles. The minimum absolute atomic E-state index is 0.305. The molecule has 3 fully saturated rings. The zero-order chi connectivity index (χ0) is 32.5. The van der Waals surface area contributed by atoms with Gasteiger partial charge in [-0.1, -0.05) is 115 Å². The first-order valence-corrected chi connectivity index (χ1v) is 17.5. The SMILES string of the molecule is CCCCCCCCCCCCCCCCCCN1C(=O)C2C(C1=O)C1(CO[C@@H]3OC(CO)[C@@H](O)[C@H](O)C3O)C=CC2(CO)O1. The number of amides is 2. The molecule has 4 rings (SSSR count). The first-order chi connectivity index (χ1) is 21.7. The van der Waals surface area contributed by atoms with Gasteiger partial charge in [-0.05, 0) is 6.42 Å². The highest BCUT2D eigenvalue weighted by molar-refractivity contribution is 6.07. The fourth-order valence-electron chi connectivity index (χ4n) is 7.56. The average Bonchev–Trinajstić information content (AvgIpc) is 3.66. The van der Waals surface area contributed by atoms with E-state index in [9.17, 15) is 35.1 Å². The lowest BCUT2D eigenvalue weighted by Crippen LogP contribution is -2.60. The van der Waals surface area contributed by atoms with Crippen molar-refractivity contribution < 1.29 is 49.3 Å². The summed E-state index contributed by atoms with van der Waals surface area (Å²) in [5, 5.41) is 50.3. The standard InChI is InChI=1S/C34H57NO10/c1-2-3-4-5-6-7-8-9-10-11-12-13-14-15-16-17-20-35-30(41)25-26(31(35)42)34(19-18-33(25,22-37)45-34)23-43-32-29(40)28(39)27(38)24(21-36)44-32/h18-19,24-29,32,36-40H,2-17,20-23H2,1H3/t24?,25?,26?,27-,28+,29?,32-,33?,34?/m1/s1. The summed E-state index contributed by atoms with van der Waals surface area (Å²) >= 11 is 0. The van der Waals surface area contributed by atoms with Crippen LogP contribution in [-0.4, -0.2) is 111 Å². The van der Waals surface area contributed by atoms with Crippen LogP contribution in [0.15, 0.2) is 12.2 Å². The summed E-state index contributed by atoms with van der Waals surface area (Å²) in [6, 6.07) is 0. The van der Waals surface area contributed by atoms with Crippen molar-refractivity contribution in [1.82, 2.24) is 4.90 Å². The Labute approximate surface area is 267 Å². The van der Waals surface area contributed by atoms with Crippen molar-refractivity contribution in [1.29, 1.82) is 0 Å². The van der Waals surface area contributed by atoms with E-state index in [4.69, 9.17) is 14.2 Å². The van der Waals surface area contributed by atoms with Crippen LogP contribution in [0.1, 0.15) is 110 Å². The Morgan fingerprint density at radius 2 is 1.20 bits per heavy atom. The quantitative estimate of drug-likeness (QED) is 0.0676. The number of carbonyl (C=O) groups excluding carboxylic acids is 2. The lowest BCUT2D eigenvalue weighted by atomic mass is 9.72. The molecule has 4 aliphatic rings. The lowest BCUT2D eigenvalue weighted by molar-refractivity contribution is -0.308. The van der Waals surface area contributed by atoms with Gasteiger partial charge in [0, 0.05) is 6.54 Å². The predicted octanol–water partition coefficient (Wildman–Crippen LogP) is 2.74. The maximum atomic E-state index is 13.6. The maximum Gasteiger partial charge on any atom is 0.236 e. The number of unbranched alkanes of at least 4 members (excludes halogenated alkanes) is 15. The van der Waals surface area contributed by atoms with Gasteiger partial charge in [-0.25, -0.2) is 0 Å². The van der Waals surface area contributed by atoms with Crippen LogP contribution in [-0.2, 0) is 23.8 Å². The summed E-state index contributed by atoms with van der Waals surface area (Å²) in [4.78, 5) is 28.4. The highest BCUT2D eigenvalue weighted by Crippen LogP contribution is 2.57. The van der Waals surface area contributed by atoms with E-state index in [0.717, 1.165) is 19.3 Å². The van der Waals surface area contributed by atoms with Crippen molar-refractivity contribution in [3.8, 4) is 0 Å². The topological polar surface area (TPSA) is 166 Å². The van der Waals surface area contributed by atoms with Gasteiger partial charge in [0.2, 0.25) is 11.8 Å². The Morgan fingerprint density at radius 1 is 0.711 bits per heavy atom. The molecule has 9 atom stereocenters. The van der Waals surface area contributed by atoms with Crippen LogP contribution in [0.5, 0.6) is 0 Å². The molecular weight excluding hydrogens is 582 g/mol. The summed E-state index contributed by atoms with van der Waals surface area (Å²) < 4.78 is 17.4. The number of ether oxygens (including phenoxy) is 3. The second-order valence-corrected chi connectivity index (χ2v) is 13.6. The van der Waals surface area contributed by atoms with E-state index < -0.39 is 67.0 Å². The number of nitrogens with zero attached hydrogens (tertiary/aromatic N) is 1. The molecular formula is C34H57NO10. The Bertz CT molecular complexity index is 977. The molecule has 0 aromatic rings. The van der Waals surface area contributed by atoms with Crippen molar-refractivity contribution in [3.63, 3.8) is 0 Å². The van der Waals surface area contributed by atoms with E-state index in [-0.39, 0.29) is 18.4 Å². The van der Waals surface area contributed by atoms with Crippen LogP contribution in [0.25, 0.3) is 0 Å². The Balaban J connectivity index is 1.17. The predicted molar refractivity (Wildman–Crippen MR) is 166 cm³/mol. The van der Waals surface area contributed by atoms with Crippen LogP contribution in [0.4, 0.5) is 0 Å². The minimum atomic E-state index is -1.61. The van der Waals surface area contributed by atoms with Crippen molar-refractivity contribution in [2.24, 2.45) is 11.8 Å². The molecule has 11 nitrogen and oxygen atoms in total. The van der Waals surface area contributed by atoms with E-state index in [0.29, 0.717) is 13.0 Å².